The topological polar surface area (TPSA) is 80.4 Å². The molecule has 192 valence electrons. The van der Waals surface area contributed by atoms with E-state index in [4.69, 9.17) is 11.6 Å². The largest absolute Gasteiger partial charge is 0.382 e. The lowest BCUT2D eigenvalue weighted by Crippen LogP contribution is -2.21. The van der Waals surface area contributed by atoms with Gasteiger partial charge in [-0.05, 0) is 86.9 Å². The number of pyridine rings is 1. The first-order valence-corrected chi connectivity index (χ1v) is 12.5. The maximum absolute atomic E-state index is 13.4. The number of nitrogens with zero attached hydrogens (tertiary/aromatic N) is 4. The van der Waals surface area contributed by atoms with Crippen molar-refractivity contribution >= 4 is 23.5 Å². The fourth-order valence-corrected chi connectivity index (χ4v) is 4.87. The van der Waals surface area contributed by atoms with E-state index in [0.717, 1.165) is 16.8 Å². The first kappa shape index (κ1) is 26.6. The van der Waals surface area contributed by atoms with Crippen LogP contribution in [0.1, 0.15) is 67.9 Å². The Hall–Kier alpha value is -3.42. The summed E-state index contributed by atoms with van der Waals surface area (Å²) in [5.41, 5.74) is 2.03. The molecule has 2 heterocycles. The highest BCUT2D eigenvalue weighted by atomic mass is 35.5. The highest BCUT2D eigenvalue weighted by molar-refractivity contribution is 6.31. The number of aliphatic imine (C=N–C) groups is 1. The van der Waals surface area contributed by atoms with Gasteiger partial charge in [-0.3, -0.25) is 14.4 Å². The summed E-state index contributed by atoms with van der Waals surface area (Å²) in [6.07, 6.45) is 8.27. The summed E-state index contributed by atoms with van der Waals surface area (Å²) in [4.78, 5) is 26.4. The van der Waals surface area contributed by atoms with Crippen molar-refractivity contribution in [2.45, 2.75) is 52.1 Å². The molecule has 3 atom stereocenters. The van der Waals surface area contributed by atoms with Crippen molar-refractivity contribution in [2.24, 2.45) is 10.9 Å². The molecule has 3 aromatic rings. The van der Waals surface area contributed by atoms with Crippen molar-refractivity contribution in [2.75, 3.05) is 0 Å². The molecule has 6 nitrogen and oxygen atoms in total. The minimum Gasteiger partial charge on any atom is -0.382 e. The van der Waals surface area contributed by atoms with Crippen LogP contribution in [0.3, 0.4) is 0 Å². The second-order valence-electron chi connectivity index (χ2n) is 9.83. The van der Waals surface area contributed by atoms with Gasteiger partial charge in [0.15, 0.2) is 5.82 Å². The summed E-state index contributed by atoms with van der Waals surface area (Å²) in [5.74, 6) is 0.561. The number of allylic oxidation sites excluding steroid dienone is 2. The third kappa shape index (κ3) is 5.63. The molecule has 0 spiro atoms. The molecule has 1 aliphatic rings. The van der Waals surface area contributed by atoms with Crippen molar-refractivity contribution in [3.8, 4) is 0 Å². The monoisotopic (exact) mass is 520 g/mol. The van der Waals surface area contributed by atoms with Crippen molar-refractivity contribution in [3.63, 3.8) is 0 Å². The molecule has 0 saturated heterocycles. The third-order valence-electron chi connectivity index (χ3n) is 6.61. The smallest absolute Gasteiger partial charge is 0.273 e. The molecule has 37 heavy (non-hydrogen) atoms. The number of aryl methyl sites for hydroxylation is 1. The van der Waals surface area contributed by atoms with Gasteiger partial charge in [0.05, 0.1) is 11.4 Å². The Kier molecular flexibility index (Phi) is 7.57. The predicted octanol–water partition coefficient (Wildman–Crippen LogP) is 5.98. The summed E-state index contributed by atoms with van der Waals surface area (Å²) in [6, 6.07) is 10.1. The summed E-state index contributed by atoms with van der Waals surface area (Å²) < 4.78 is 14.9. The first-order chi connectivity index (χ1) is 17.5. The van der Waals surface area contributed by atoms with Gasteiger partial charge in [-0.1, -0.05) is 36.7 Å². The van der Waals surface area contributed by atoms with Gasteiger partial charge in [0.25, 0.3) is 5.56 Å². The maximum Gasteiger partial charge on any atom is 0.273 e. The quantitative estimate of drug-likeness (QED) is 0.389. The number of aromatic nitrogens is 3. The average Bonchev–Trinajstić information content (AvgIpc) is 3.53. The fraction of sp³-hybridized carbons (Fsp3) is 0.310. The zero-order valence-electron chi connectivity index (χ0n) is 21.5. The zero-order chi connectivity index (χ0) is 26.9. The Bertz CT molecular complexity index is 1450. The SMILES string of the molecule is C/C=C/N=C(/C=C/n1c(C)cc(C2C(c3ccc(F)cc3)[C@H]2C)c(Cl)c1=O)c1ccnc(C(C)(C)O)n1. The molecular weight excluding hydrogens is 491 g/mol. The minimum atomic E-state index is -1.21. The number of halogens is 2. The van der Waals surface area contributed by atoms with Gasteiger partial charge in [0, 0.05) is 24.3 Å². The van der Waals surface area contributed by atoms with E-state index < -0.39 is 5.60 Å². The van der Waals surface area contributed by atoms with E-state index in [2.05, 4.69) is 21.9 Å². The van der Waals surface area contributed by atoms with Gasteiger partial charge in [0.2, 0.25) is 0 Å². The maximum atomic E-state index is 13.4. The Balaban J connectivity index is 1.67. The van der Waals surface area contributed by atoms with Crippen LogP contribution in [-0.4, -0.2) is 25.4 Å². The summed E-state index contributed by atoms with van der Waals surface area (Å²) >= 11 is 6.62. The molecule has 4 rings (SSSR count). The van der Waals surface area contributed by atoms with Crippen LogP contribution in [-0.2, 0) is 5.60 Å². The van der Waals surface area contributed by atoms with E-state index in [1.165, 1.54) is 16.7 Å². The third-order valence-corrected chi connectivity index (χ3v) is 6.99. The summed E-state index contributed by atoms with van der Waals surface area (Å²) in [6.45, 7) is 9.03. The molecule has 0 bridgehead atoms. The van der Waals surface area contributed by atoms with Crippen LogP contribution in [0.5, 0.6) is 0 Å². The van der Waals surface area contributed by atoms with Gasteiger partial charge in [-0.25, -0.2) is 14.4 Å². The first-order valence-electron chi connectivity index (χ1n) is 12.1. The molecule has 1 aliphatic carbocycles. The van der Waals surface area contributed by atoms with E-state index in [1.54, 1.807) is 62.8 Å². The second-order valence-corrected chi connectivity index (χ2v) is 10.2. The van der Waals surface area contributed by atoms with Crippen molar-refractivity contribution in [1.82, 2.24) is 14.5 Å². The number of aliphatic hydroxyl groups is 1. The van der Waals surface area contributed by atoms with Crippen molar-refractivity contribution in [1.29, 1.82) is 0 Å². The molecule has 0 amide bonds. The molecule has 2 aromatic heterocycles. The van der Waals surface area contributed by atoms with Gasteiger partial charge in [0.1, 0.15) is 16.4 Å². The number of hydrogen-bond donors (Lipinski definition) is 1. The van der Waals surface area contributed by atoms with Gasteiger partial charge in [-0.15, -0.1) is 0 Å². The van der Waals surface area contributed by atoms with Crippen LogP contribution < -0.4 is 5.56 Å². The number of rotatable bonds is 7. The van der Waals surface area contributed by atoms with Crippen LogP contribution in [0.4, 0.5) is 4.39 Å². The highest BCUT2D eigenvalue weighted by Crippen LogP contribution is 2.61. The molecule has 0 aliphatic heterocycles. The predicted molar refractivity (Wildman–Crippen MR) is 145 cm³/mol. The van der Waals surface area contributed by atoms with Crippen molar-refractivity contribution < 1.29 is 9.50 Å². The standard InChI is InChI=1S/C29H30ClFN4O2/c1-6-13-32-22(23-11-14-33-28(34-23)29(4,5)37)12-15-35-17(2)16-21(26(30)27(35)36)25-18(3)24(25)19-7-9-20(31)10-8-19/h6-16,18,24-25,37H,1-5H3/b13-6+,15-12+,32-22-/t18-,24?,25?/m1/s1. The minimum absolute atomic E-state index is 0.0936. The Morgan fingerprint density at radius 2 is 1.92 bits per heavy atom. The lowest BCUT2D eigenvalue weighted by molar-refractivity contribution is 0.0686. The normalized spacial score (nSPS) is 20.2. The van der Waals surface area contributed by atoms with Gasteiger partial charge < -0.3 is 5.11 Å². The average molecular weight is 521 g/mol. The second kappa shape index (κ2) is 10.5. The fourth-order valence-electron chi connectivity index (χ4n) is 4.60. The van der Waals surface area contributed by atoms with Crippen LogP contribution in [0, 0.1) is 18.7 Å². The van der Waals surface area contributed by atoms with E-state index in [0.29, 0.717) is 11.4 Å². The van der Waals surface area contributed by atoms with E-state index in [1.807, 2.05) is 19.9 Å². The Morgan fingerprint density at radius 3 is 2.57 bits per heavy atom. The zero-order valence-corrected chi connectivity index (χ0v) is 22.2. The van der Waals surface area contributed by atoms with E-state index in [-0.39, 0.29) is 40.0 Å². The summed E-state index contributed by atoms with van der Waals surface area (Å²) in [5, 5.41) is 10.5. The Morgan fingerprint density at radius 1 is 1.22 bits per heavy atom. The molecule has 2 unspecified atom stereocenters. The molecule has 8 heteroatoms. The van der Waals surface area contributed by atoms with Crippen LogP contribution in [0.25, 0.3) is 6.20 Å². The van der Waals surface area contributed by atoms with E-state index in [9.17, 15) is 14.3 Å². The molecule has 1 N–H and O–H groups in total. The number of benzene rings is 1. The number of hydrogen-bond acceptors (Lipinski definition) is 5. The molecule has 0 radical (unpaired) electrons. The van der Waals surface area contributed by atoms with Crippen LogP contribution in [0.2, 0.25) is 5.02 Å². The lowest BCUT2D eigenvalue weighted by atomic mass is 10.0. The lowest BCUT2D eigenvalue weighted by Gasteiger charge is -2.15. The molecule has 1 saturated carbocycles. The van der Waals surface area contributed by atoms with Crippen molar-refractivity contribution in [3.05, 3.63) is 110 Å². The molecular formula is C29H30ClFN4O2. The molecule has 1 fully saturated rings. The van der Waals surface area contributed by atoms with Crippen LogP contribution in [0.15, 0.2) is 70.7 Å². The van der Waals surface area contributed by atoms with E-state index >= 15 is 0 Å². The van der Waals surface area contributed by atoms with Gasteiger partial charge >= 0.3 is 0 Å². The summed E-state index contributed by atoms with van der Waals surface area (Å²) in [7, 11) is 0. The highest BCUT2D eigenvalue weighted by Gasteiger charge is 2.49. The van der Waals surface area contributed by atoms with Crippen LogP contribution >= 0.6 is 11.6 Å². The van der Waals surface area contributed by atoms with Gasteiger partial charge in [-0.2, -0.15) is 0 Å². The molecule has 1 aromatic carbocycles. The Labute approximate surface area is 220 Å².